The standard InChI is InChI=1S/C16H22O2Si/c1-18-16(17)13-8-7-11-15(12-13)19(2,3)14-9-5-4-6-10-14/h4-7,9-11,13,15H,8,12H2,1-3H3/t13-,15+/m0/s1. The minimum Gasteiger partial charge on any atom is -0.469 e. The molecule has 1 aromatic rings. The average Bonchev–Trinajstić information content (AvgIpc) is 2.47. The van der Waals surface area contributed by atoms with Crippen LogP contribution < -0.4 is 5.19 Å². The molecule has 0 saturated heterocycles. The number of hydrogen-bond donors (Lipinski definition) is 0. The zero-order chi connectivity index (χ0) is 13.9. The van der Waals surface area contributed by atoms with Crippen molar-refractivity contribution in [1.29, 1.82) is 0 Å². The van der Waals surface area contributed by atoms with Crippen LogP contribution in [0.5, 0.6) is 0 Å². The molecule has 19 heavy (non-hydrogen) atoms. The van der Waals surface area contributed by atoms with Gasteiger partial charge >= 0.3 is 5.97 Å². The van der Waals surface area contributed by atoms with Gasteiger partial charge < -0.3 is 4.74 Å². The molecule has 0 amide bonds. The van der Waals surface area contributed by atoms with E-state index in [4.69, 9.17) is 4.74 Å². The highest BCUT2D eigenvalue weighted by Crippen LogP contribution is 2.35. The van der Waals surface area contributed by atoms with Gasteiger partial charge in [-0.2, -0.15) is 0 Å². The quantitative estimate of drug-likeness (QED) is 0.481. The summed E-state index contributed by atoms with van der Waals surface area (Å²) < 4.78 is 4.90. The number of esters is 1. The van der Waals surface area contributed by atoms with Crippen LogP contribution in [0.2, 0.25) is 18.6 Å². The molecule has 0 bridgehead atoms. The van der Waals surface area contributed by atoms with E-state index >= 15 is 0 Å². The summed E-state index contributed by atoms with van der Waals surface area (Å²) in [4.78, 5) is 11.7. The van der Waals surface area contributed by atoms with Gasteiger partial charge in [0.05, 0.1) is 21.1 Å². The van der Waals surface area contributed by atoms with Crippen molar-refractivity contribution in [2.24, 2.45) is 5.92 Å². The smallest absolute Gasteiger partial charge is 0.308 e. The monoisotopic (exact) mass is 274 g/mol. The summed E-state index contributed by atoms with van der Waals surface area (Å²) in [6, 6.07) is 10.7. The first-order valence-corrected chi connectivity index (χ1v) is 9.93. The first-order chi connectivity index (χ1) is 9.05. The van der Waals surface area contributed by atoms with Crippen LogP contribution in [-0.2, 0) is 9.53 Å². The highest BCUT2D eigenvalue weighted by atomic mass is 28.3. The summed E-state index contributed by atoms with van der Waals surface area (Å²) in [5.74, 6) is -0.0253. The number of carbonyl (C=O) groups excluding carboxylic acids is 1. The van der Waals surface area contributed by atoms with Gasteiger partial charge in [0.2, 0.25) is 0 Å². The second kappa shape index (κ2) is 5.74. The van der Waals surface area contributed by atoms with E-state index < -0.39 is 8.07 Å². The summed E-state index contributed by atoms with van der Waals surface area (Å²) in [5, 5.41) is 1.45. The fourth-order valence-corrected chi connectivity index (χ4v) is 5.84. The molecule has 1 aliphatic rings. The number of carbonyl (C=O) groups is 1. The van der Waals surface area contributed by atoms with Crippen molar-refractivity contribution in [3.8, 4) is 0 Å². The fourth-order valence-electron chi connectivity index (χ4n) is 2.86. The van der Waals surface area contributed by atoms with Crippen LogP contribution in [0.1, 0.15) is 12.8 Å². The van der Waals surface area contributed by atoms with E-state index in [-0.39, 0.29) is 11.9 Å². The van der Waals surface area contributed by atoms with E-state index in [0.29, 0.717) is 5.54 Å². The van der Waals surface area contributed by atoms with Gasteiger partial charge in [-0.25, -0.2) is 0 Å². The molecule has 0 aromatic heterocycles. The first-order valence-electron chi connectivity index (χ1n) is 6.85. The predicted octanol–water partition coefficient (Wildman–Crippen LogP) is 3.11. The number of ether oxygens (including phenoxy) is 1. The highest BCUT2D eigenvalue weighted by molar-refractivity contribution is 6.91. The van der Waals surface area contributed by atoms with Gasteiger partial charge in [-0.1, -0.05) is 60.8 Å². The molecule has 2 nitrogen and oxygen atoms in total. The third-order valence-electron chi connectivity index (χ3n) is 4.31. The Morgan fingerprint density at radius 3 is 2.58 bits per heavy atom. The predicted molar refractivity (Wildman–Crippen MR) is 81.2 cm³/mol. The molecule has 0 saturated carbocycles. The zero-order valence-corrected chi connectivity index (χ0v) is 12.9. The van der Waals surface area contributed by atoms with E-state index in [1.807, 2.05) is 0 Å². The third kappa shape index (κ3) is 2.98. The van der Waals surface area contributed by atoms with Crippen LogP contribution in [0, 0.1) is 5.92 Å². The van der Waals surface area contributed by atoms with Crippen LogP contribution in [0.25, 0.3) is 0 Å². The molecule has 0 N–H and O–H groups in total. The maximum Gasteiger partial charge on any atom is 0.308 e. The van der Waals surface area contributed by atoms with Crippen LogP contribution in [0.4, 0.5) is 0 Å². The van der Waals surface area contributed by atoms with Crippen molar-refractivity contribution in [2.45, 2.75) is 31.5 Å². The Hall–Kier alpha value is -1.35. The lowest BCUT2D eigenvalue weighted by molar-refractivity contribution is -0.145. The minimum atomic E-state index is -1.57. The summed E-state index contributed by atoms with van der Waals surface area (Å²) in [6.45, 7) is 4.77. The molecule has 2 atom stereocenters. The van der Waals surface area contributed by atoms with Gasteiger partial charge in [-0.05, 0) is 18.4 Å². The van der Waals surface area contributed by atoms with Gasteiger partial charge in [0, 0.05) is 0 Å². The molecule has 0 aliphatic heterocycles. The van der Waals surface area contributed by atoms with Crippen molar-refractivity contribution in [1.82, 2.24) is 0 Å². The van der Waals surface area contributed by atoms with E-state index in [2.05, 4.69) is 55.6 Å². The van der Waals surface area contributed by atoms with E-state index in [9.17, 15) is 4.79 Å². The van der Waals surface area contributed by atoms with Crippen molar-refractivity contribution in [2.75, 3.05) is 7.11 Å². The maximum absolute atomic E-state index is 11.7. The minimum absolute atomic E-state index is 0.0375. The lowest BCUT2D eigenvalue weighted by Crippen LogP contribution is -2.46. The topological polar surface area (TPSA) is 26.3 Å². The van der Waals surface area contributed by atoms with Crippen molar-refractivity contribution in [3.05, 3.63) is 42.5 Å². The molecule has 0 radical (unpaired) electrons. The Morgan fingerprint density at radius 2 is 1.95 bits per heavy atom. The van der Waals surface area contributed by atoms with Crippen molar-refractivity contribution in [3.63, 3.8) is 0 Å². The molecule has 0 heterocycles. The van der Waals surface area contributed by atoms with E-state index in [0.717, 1.165) is 12.8 Å². The van der Waals surface area contributed by atoms with Gasteiger partial charge in [-0.15, -0.1) is 0 Å². The molecule has 1 aliphatic carbocycles. The summed E-state index contributed by atoms with van der Waals surface area (Å²) >= 11 is 0. The van der Waals surface area contributed by atoms with Crippen LogP contribution in [0.15, 0.2) is 42.5 Å². The summed E-state index contributed by atoms with van der Waals surface area (Å²) in [7, 11) is -0.0920. The number of allylic oxidation sites excluding steroid dienone is 2. The van der Waals surface area contributed by atoms with Crippen LogP contribution in [-0.4, -0.2) is 21.2 Å². The molecule has 3 heteroatoms. The lowest BCUT2D eigenvalue weighted by atomic mass is 9.94. The molecular weight excluding hydrogens is 252 g/mol. The van der Waals surface area contributed by atoms with Crippen LogP contribution in [0.3, 0.4) is 0 Å². The molecule has 0 spiro atoms. The van der Waals surface area contributed by atoms with Gasteiger partial charge in [0.25, 0.3) is 0 Å². The Bertz CT molecular complexity index is 465. The lowest BCUT2D eigenvalue weighted by Gasteiger charge is -2.35. The van der Waals surface area contributed by atoms with Gasteiger partial charge in [0.15, 0.2) is 0 Å². The molecular formula is C16H22O2Si. The van der Waals surface area contributed by atoms with Crippen molar-refractivity contribution >= 4 is 19.2 Å². The van der Waals surface area contributed by atoms with Gasteiger partial charge in [-0.3, -0.25) is 4.79 Å². The number of benzene rings is 1. The molecule has 0 unspecified atom stereocenters. The average molecular weight is 274 g/mol. The normalized spacial score (nSPS) is 23.1. The fraction of sp³-hybridized carbons (Fsp3) is 0.438. The Morgan fingerprint density at radius 1 is 1.26 bits per heavy atom. The second-order valence-electron chi connectivity index (χ2n) is 5.81. The van der Waals surface area contributed by atoms with Crippen molar-refractivity contribution < 1.29 is 9.53 Å². The molecule has 2 rings (SSSR count). The van der Waals surface area contributed by atoms with Crippen LogP contribution >= 0.6 is 0 Å². The third-order valence-corrected chi connectivity index (χ3v) is 8.41. The van der Waals surface area contributed by atoms with E-state index in [1.165, 1.54) is 12.3 Å². The summed E-state index contributed by atoms with van der Waals surface area (Å²) in [6.07, 6.45) is 6.23. The number of methoxy groups -OCH3 is 1. The Balaban J connectivity index is 2.19. The maximum atomic E-state index is 11.7. The first kappa shape index (κ1) is 14.1. The molecule has 102 valence electrons. The molecule has 1 aromatic carbocycles. The zero-order valence-electron chi connectivity index (χ0n) is 11.9. The molecule has 0 fully saturated rings. The Labute approximate surface area is 116 Å². The van der Waals surface area contributed by atoms with Gasteiger partial charge in [0.1, 0.15) is 0 Å². The number of rotatable bonds is 3. The largest absolute Gasteiger partial charge is 0.469 e. The Kier molecular flexibility index (Phi) is 4.25. The highest BCUT2D eigenvalue weighted by Gasteiger charge is 2.36. The summed E-state index contributed by atoms with van der Waals surface area (Å²) in [5.41, 5.74) is 0.507. The second-order valence-corrected chi connectivity index (χ2v) is 10.6. The van der Waals surface area contributed by atoms with E-state index in [1.54, 1.807) is 0 Å². The SMILES string of the molecule is COC(=O)[C@H]1CC=C[C@@H]([Si](C)(C)c2ccccc2)C1. The number of hydrogen-bond acceptors (Lipinski definition) is 2.